The summed E-state index contributed by atoms with van der Waals surface area (Å²) in [5, 5.41) is 9.58. The molecule has 0 saturated heterocycles. The van der Waals surface area contributed by atoms with Crippen LogP contribution in [0.25, 0.3) is 10.7 Å². The summed E-state index contributed by atoms with van der Waals surface area (Å²) in [7, 11) is 0. The van der Waals surface area contributed by atoms with Crippen molar-refractivity contribution in [1.82, 2.24) is 14.3 Å². The van der Waals surface area contributed by atoms with Crippen molar-refractivity contribution in [3.8, 4) is 10.7 Å². The highest BCUT2D eigenvalue weighted by Crippen LogP contribution is 2.23. The Morgan fingerprint density at radius 3 is 2.73 bits per heavy atom. The summed E-state index contributed by atoms with van der Waals surface area (Å²) in [4.78, 5) is 17.8. The highest BCUT2D eigenvalue weighted by molar-refractivity contribution is 7.09. The van der Waals surface area contributed by atoms with Crippen LogP contribution in [-0.2, 0) is 0 Å². The van der Waals surface area contributed by atoms with Crippen LogP contribution in [0.4, 0.5) is 0 Å². The fraction of sp³-hybridized carbons (Fsp3) is 0.222. The van der Waals surface area contributed by atoms with Crippen molar-refractivity contribution < 1.29 is 9.90 Å². The van der Waals surface area contributed by atoms with E-state index in [4.69, 9.17) is 5.11 Å². The van der Waals surface area contributed by atoms with E-state index in [2.05, 4.69) is 14.3 Å². The molecule has 78 valence electrons. The van der Waals surface area contributed by atoms with Gasteiger partial charge in [-0.1, -0.05) is 0 Å². The van der Waals surface area contributed by atoms with Gasteiger partial charge in [-0.3, -0.25) is 0 Å². The third-order valence-electron chi connectivity index (χ3n) is 1.99. The van der Waals surface area contributed by atoms with Gasteiger partial charge in [0.1, 0.15) is 11.5 Å². The number of aromatic nitrogens is 3. The second kappa shape index (κ2) is 3.47. The van der Waals surface area contributed by atoms with E-state index in [1.807, 2.05) is 0 Å². The van der Waals surface area contributed by atoms with Gasteiger partial charge in [-0.15, -0.1) is 0 Å². The number of carbonyl (C=O) groups is 1. The van der Waals surface area contributed by atoms with Gasteiger partial charge in [-0.2, -0.15) is 4.37 Å². The summed E-state index contributed by atoms with van der Waals surface area (Å²) in [5.74, 6) is -0.265. The van der Waals surface area contributed by atoms with Crippen LogP contribution in [0.1, 0.15) is 21.9 Å². The monoisotopic (exact) mass is 223 g/mol. The van der Waals surface area contributed by atoms with Crippen molar-refractivity contribution in [2.24, 2.45) is 0 Å². The Balaban J connectivity index is 2.46. The molecular formula is C9H9N3O2S. The molecule has 0 bridgehead atoms. The zero-order valence-corrected chi connectivity index (χ0v) is 9.05. The van der Waals surface area contributed by atoms with E-state index in [0.29, 0.717) is 22.1 Å². The predicted octanol–water partition coefficient (Wildman–Crippen LogP) is 1.85. The quantitative estimate of drug-likeness (QED) is 0.814. The number of hydrogen-bond acceptors (Lipinski definition) is 4. The highest BCUT2D eigenvalue weighted by Gasteiger charge is 2.14. The molecule has 5 nitrogen and oxygen atoms in total. The zero-order chi connectivity index (χ0) is 11.0. The third-order valence-corrected chi connectivity index (χ3v) is 2.83. The molecule has 0 fully saturated rings. The minimum absolute atomic E-state index is 0.206. The molecule has 0 atom stereocenters. The van der Waals surface area contributed by atoms with Gasteiger partial charge in [0.25, 0.3) is 0 Å². The maximum absolute atomic E-state index is 10.8. The summed E-state index contributed by atoms with van der Waals surface area (Å²) in [5.41, 5.74) is 1.61. The first-order valence-electron chi connectivity index (χ1n) is 4.31. The number of hydrogen-bond donors (Lipinski definition) is 2. The number of carboxylic acids is 1. The lowest BCUT2D eigenvalue weighted by Gasteiger charge is -1.89. The van der Waals surface area contributed by atoms with E-state index in [1.54, 1.807) is 19.9 Å². The van der Waals surface area contributed by atoms with Crippen LogP contribution in [0.5, 0.6) is 0 Å². The van der Waals surface area contributed by atoms with Crippen LogP contribution in [0.2, 0.25) is 0 Å². The van der Waals surface area contributed by atoms with Gasteiger partial charge in [-0.25, -0.2) is 9.78 Å². The van der Waals surface area contributed by atoms with Crippen LogP contribution in [0.3, 0.4) is 0 Å². The molecule has 2 rings (SSSR count). The Morgan fingerprint density at radius 2 is 2.27 bits per heavy atom. The fourth-order valence-electron chi connectivity index (χ4n) is 1.30. The van der Waals surface area contributed by atoms with Crippen LogP contribution >= 0.6 is 11.5 Å². The van der Waals surface area contributed by atoms with Gasteiger partial charge in [0.15, 0.2) is 5.01 Å². The maximum Gasteiger partial charge on any atom is 0.352 e. The van der Waals surface area contributed by atoms with Crippen molar-refractivity contribution in [3.63, 3.8) is 0 Å². The molecule has 2 N–H and O–H groups in total. The molecule has 0 aromatic carbocycles. The van der Waals surface area contributed by atoms with Crippen molar-refractivity contribution in [2.75, 3.05) is 0 Å². The number of carboxylic acid groups (broad SMARTS) is 1. The van der Waals surface area contributed by atoms with E-state index in [-0.39, 0.29) is 5.69 Å². The average Bonchev–Trinajstić information content (AvgIpc) is 2.71. The number of rotatable bonds is 2. The van der Waals surface area contributed by atoms with E-state index >= 15 is 0 Å². The highest BCUT2D eigenvalue weighted by atomic mass is 32.1. The Bertz CT molecular complexity index is 515. The molecule has 0 saturated carbocycles. The Hall–Kier alpha value is -1.69. The standard InChI is InChI=1S/C9H9N3O2S/c1-4-3-6(11-7(4)9(13)14)8-10-5(2)12-15-8/h3,11H,1-2H3,(H,13,14). The van der Waals surface area contributed by atoms with Crippen molar-refractivity contribution in [1.29, 1.82) is 0 Å². The first-order valence-corrected chi connectivity index (χ1v) is 5.09. The minimum atomic E-state index is -0.958. The topological polar surface area (TPSA) is 78.9 Å². The van der Waals surface area contributed by atoms with Crippen LogP contribution in [0, 0.1) is 13.8 Å². The number of H-pyrrole nitrogens is 1. The maximum atomic E-state index is 10.8. The SMILES string of the molecule is Cc1nsc(-c2cc(C)c(C(=O)O)[nH]2)n1. The fourth-order valence-corrected chi connectivity index (χ4v) is 1.94. The summed E-state index contributed by atoms with van der Waals surface area (Å²) in [6, 6.07) is 1.77. The van der Waals surface area contributed by atoms with Crippen molar-refractivity contribution in [3.05, 3.63) is 23.1 Å². The molecule has 0 radical (unpaired) electrons. The molecule has 6 heteroatoms. The zero-order valence-electron chi connectivity index (χ0n) is 8.24. The van der Waals surface area contributed by atoms with Crippen molar-refractivity contribution in [2.45, 2.75) is 13.8 Å². The first kappa shape index (κ1) is 9.85. The van der Waals surface area contributed by atoms with Gasteiger partial charge in [0.2, 0.25) is 0 Å². The molecule has 0 amide bonds. The van der Waals surface area contributed by atoms with E-state index in [1.165, 1.54) is 11.5 Å². The number of aryl methyl sites for hydroxylation is 2. The average molecular weight is 223 g/mol. The van der Waals surface area contributed by atoms with Gasteiger partial charge in [0.05, 0.1) is 5.69 Å². The van der Waals surface area contributed by atoms with Crippen LogP contribution in [0.15, 0.2) is 6.07 Å². The molecule has 0 aliphatic carbocycles. The van der Waals surface area contributed by atoms with E-state index < -0.39 is 5.97 Å². The smallest absolute Gasteiger partial charge is 0.352 e. The molecule has 0 aliphatic rings. The lowest BCUT2D eigenvalue weighted by atomic mass is 10.2. The Kier molecular flexibility index (Phi) is 2.28. The Morgan fingerprint density at radius 1 is 1.53 bits per heavy atom. The number of nitrogens with one attached hydrogen (secondary N) is 1. The second-order valence-corrected chi connectivity index (χ2v) is 3.94. The third kappa shape index (κ3) is 1.75. The summed E-state index contributed by atoms with van der Waals surface area (Å²) < 4.78 is 4.04. The largest absolute Gasteiger partial charge is 0.477 e. The van der Waals surface area contributed by atoms with E-state index in [9.17, 15) is 4.79 Å². The molecule has 2 aromatic rings. The minimum Gasteiger partial charge on any atom is -0.477 e. The van der Waals surface area contributed by atoms with Gasteiger partial charge >= 0.3 is 5.97 Å². The van der Waals surface area contributed by atoms with Gasteiger partial charge in [0, 0.05) is 0 Å². The number of aromatic carboxylic acids is 1. The van der Waals surface area contributed by atoms with Crippen LogP contribution in [-0.4, -0.2) is 25.4 Å². The Labute approximate surface area is 90.0 Å². The summed E-state index contributed by atoms with van der Waals surface area (Å²) in [6.07, 6.45) is 0. The van der Waals surface area contributed by atoms with Crippen molar-refractivity contribution >= 4 is 17.5 Å². The normalized spacial score (nSPS) is 10.5. The van der Waals surface area contributed by atoms with Crippen LogP contribution < -0.4 is 0 Å². The molecule has 0 unspecified atom stereocenters. The molecular weight excluding hydrogens is 214 g/mol. The molecule has 2 heterocycles. The molecule has 15 heavy (non-hydrogen) atoms. The predicted molar refractivity (Wildman–Crippen MR) is 56.1 cm³/mol. The lowest BCUT2D eigenvalue weighted by molar-refractivity contribution is 0.0690. The lowest BCUT2D eigenvalue weighted by Crippen LogP contribution is -1.98. The molecule has 0 spiro atoms. The summed E-state index contributed by atoms with van der Waals surface area (Å²) in [6.45, 7) is 3.55. The summed E-state index contributed by atoms with van der Waals surface area (Å²) >= 11 is 1.25. The second-order valence-electron chi connectivity index (χ2n) is 3.19. The van der Waals surface area contributed by atoms with Gasteiger partial charge in [-0.05, 0) is 37.0 Å². The van der Waals surface area contributed by atoms with E-state index in [0.717, 1.165) is 0 Å². The first-order chi connectivity index (χ1) is 7.08. The number of nitrogens with zero attached hydrogens (tertiary/aromatic N) is 2. The number of aromatic amines is 1. The molecule has 0 aliphatic heterocycles. The van der Waals surface area contributed by atoms with Gasteiger partial charge < -0.3 is 10.1 Å². The molecule has 2 aromatic heterocycles.